The summed E-state index contributed by atoms with van der Waals surface area (Å²) in [5.41, 5.74) is 5.34. The number of rotatable bonds is 9. The van der Waals surface area contributed by atoms with Crippen molar-refractivity contribution in [2.24, 2.45) is 0 Å². The highest BCUT2D eigenvalue weighted by atomic mass is 32.2. The number of hydrogen-bond acceptors (Lipinski definition) is 6. The Hall–Kier alpha value is -4.18. The number of aromatic nitrogens is 4. The zero-order valence-electron chi connectivity index (χ0n) is 21.3. The number of thioether (sulfide) groups is 1. The second kappa shape index (κ2) is 11.3. The summed E-state index contributed by atoms with van der Waals surface area (Å²) in [5, 5.41) is 17.9. The topological polar surface area (TPSA) is 114 Å². The minimum Gasteiger partial charge on any atom is -0.332 e. The molecule has 0 saturated carbocycles. The third kappa shape index (κ3) is 5.80. The van der Waals surface area contributed by atoms with E-state index >= 15 is 0 Å². The summed E-state index contributed by atoms with van der Waals surface area (Å²) in [4.78, 5) is 28.3. The van der Waals surface area contributed by atoms with Crippen LogP contribution in [0.2, 0.25) is 0 Å². The van der Waals surface area contributed by atoms with Gasteiger partial charge in [-0.3, -0.25) is 9.78 Å². The summed E-state index contributed by atoms with van der Waals surface area (Å²) in [6.07, 6.45) is 6.91. The molecule has 4 heterocycles. The maximum Gasteiger partial charge on any atom is 0.315 e. The number of carbonyl (C=O) groups excluding carboxylic acids is 2. The van der Waals surface area contributed by atoms with Crippen molar-refractivity contribution < 1.29 is 9.59 Å². The van der Waals surface area contributed by atoms with Gasteiger partial charge in [-0.2, -0.15) is 11.8 Å². The highest BCUT2D eigenvalue weighted by Crippen LogP contribution is 2.33. The molecule has 0 aliphatic carbocycles. The van der Waals surface area contributed by atoms with Crippen LogP contribution in [0.3, 0.4) is 0 Å². The summed E-state index contributed by atoms with van der Waals surface area (Å²) in [7, 11) is 0. The number of fused-ring (bicyclic) bond motifs is 1. The van der Waals surface area contributed by atoms with Crippen molar-refractivity contribution in [3.63, 3.8) is 0 Å². The van der Waals surface area contributed by atoms with Crippen LogP contribution in [0.15, 0.2) is 79.1 Å². The smallest absolute Gasteiger partial charge is 0.315 e. The van der Waals surface area contributed by atoms with Crippen LogP contribution in [-0.4, -0.2) is 55.0 Å². The van der Waals surface area contributed by atoms with Gasteiger partial charge in [-0.15, -0.1) is 5.10 Å². The quantitative estimate of drug-likeness (QED) is 0.211. The minimum atomic E-state index is -0.0555. The van der Waals surface area contributed by atoms with Gasteiger partial charge in [0.15, 0.2) is 0 Å². The molecule has 2 aliphatic rings. The molecule has 3 N–H and O–H groups in total. The summed E-state index contributed by atoms with van der Waals surface area (Å²) >= 11 is 1.91. The molecule has 0 radical (unpaired) electrons. The number of benzene rings is 2. The predicted octanol–water partition coefficient (Wildman–Crippen LogP) is 4.66. The van der Waals surface area contributed by atoms with E-state index < -0.39 is 0 Å². The summed E-state index contributed by atoms with van der Waals surface area (Å²) in [5.74, 6) is 0.988. The first-order chi connectivity index (χ1) is 19.1. The summed E-state index contributed by atoms with van der Waals surface area (Å²) in [6.45, 7) is 0. The number of unbranched alkanes of at least 4 members (excludes halogenated alkanes) is 1. The number of pyridine rings is 1. The van der Waals surface area contributed by atoms with Gasteiger partial charge in [0.25, 0.3) is 0 Å². The Balaban J connectivity index is 0.977. The zero-order chi connectivity index (χ0) is 26.6. The molecule has 3 atom stereocenters. The number of carbonyl (C=O) groups is 2. The molecule has 0 spiro atoms. The first-order valence-corrected chi connectivity index (χ1v) is 14.2. The van der Waals surface area contributed by atoms with Crippen molar-refractivity contribution in [1.29, 1.82) is 0 Å². The summed E-state index contributed by atoms with van der Waals surface area (Å²) < 4.78 is 1.74. The average Bonchev–Trinajstić information content (AvgIpc) is 3.69. The lowest BCUT2D eigenvalue weighted by molar-refractivity contribution is -0.116. The molecule has 6 rings (SSSR count). The number of anilines is 1. The lowest BCUT2D eigenvalue weighted by Crippen LogP contribution is -2.36. The van der Waals surface area contributed by atoms with Crippen molar-refractivity contribution in [3.05, 3.63) is 79.1 Å². The van der Waals surface area contributed by atoms with Crippen LogP contribution < -0.4 is 16.0 Å². The van der Waals surface area contributed by atoms with E-state index in [1.807, 2.05) is 84.7 Å². The van der Waals surface area contributed by atoms with Crippen molar-refractivity contribution in [3.8, 4) is 28.2 Å². The molecule has 39 heavy (non-hydrogen) atoms. The van der Waals surface area contributed by atoms with Gasteiger partial charge in [0.05, 0.1) is 29.7 Å². The van der Waals surface area contributed by atoms with Crippen LogP contribution in [0.5, 0.6) is 0 Å². The molecule has 2 aromatic carbocycles. The van der Waals surface area contributed by atoms with Crippen molar-refractivity contribution in [2.75, 3.05) is 11.1 Å². The van der Waals surface area contributed by atoms with Crippen molar-refractivity contribution in [1.82, 2.24) is 30.6 Å². The van der Waals surface area contributed by atoms with E-state index in [4.69, 9.17) is 0 Å². The molecule has 0 unspecified atom stereocenters. The van der Waals surface area contributed by atoms with Crippen LogP contribution in [0.25, 0.3) is 28.2 Å². The lowest BCUT2D eigenvalue weighted by Gasteiger charge is -2.16. The Kier molecular flexibility index (Phi) is 7.27. The number of urea groups is 1. The second-order valence-corrected chi connectivity index (χ2v) is 11.1. The molecule has 9 nitrogen and oxygen atoms in total. The van der Waals surface area contributed by atoms with Crippen molar-refractivity contribution in [2.45, 2.75) is 43.0 Å². The van der Waals surface area contributed by atoms with Gasteiger partial charge in [-0.1, -0.05) is 42.0 Å². The van der Waals surface area contributed by atoms with E-state index in [1.54, 1.807) is 10.9 Å². The molecule has 0 bridgehead atoms. The first-order valence-electron chi connectivity index (χ1n) is 13.2. The van der Waals surface area contributed by atoms with Gasteiger partial charge in [-0.05, 0) is 60.4 Å². The third-order valence-electron chi connectivity index (χ3n) is 7.14. The monoisotopic (exact) mass is 539 g/mol. The van der Waals surface area contributed by atoms with E-state index in [9.17, 15) is 9.59 Å². The Labute approximate surface area is 230 Å². The fourth-order valence-electron chi connectivity index (χ4n) is 5.07. The van der Waals surface area contributed by atoms with Crippen LogP contribution in [0, 0.1) is 0 Å². The van der Waals surface area contributed by atoms with E-state index in [2.05, 4.69) is 31.2 Å². The Bertz CT molecular complexity index is 1440. The Morgan fingerprint density at radius 2 is 1.77 bits per heavy atom. The maximum absolute atomic E-state index is 12.5. The van der Waals surface area contributed by atoms with Crippen LogP contribution in [-0.2, 0) is 4.79 Å². The molecule has 2 saturated heterocycles. The van der Waals surface area contributed by atoms with Crippen molar-refractivity contribution >= 4 is 29.4 Å². The van der Waals surface area contributed by atoms with E-state index in [-0.39, 0.29) is 24.0 Å². The summed E-state index contributed by atoms with van der Waals surface area (Å²) in [6, 6.07) is 22.1. The van der Waals surface area contributed by atoms with Gasteiger partial charge in [0.2, 0.25) is 5.91 Å². The minimum absolute atomic E-state index is 0.0257. The SMILES string of the molecule is O=C(CCCC[C@@H]1SC[C@@H]2NC(=O)N[C@@H]21)Nc1ccc(-c2ccc(-n3cc(-c4ccccn4)nn3)cc2)cc1. The maximum atomic E-state index is 12.5. The normalized spacial score (nSPS) is 19.8. The van der Waals surface area contributed by atoms with E-state index in [0.29, 0.717) is 11.7 Å². The van der Waals surface area contributed by atoms with Crippen LogP contribution in [0.4, 0.5) is 10.5 Å². The fourth-order valence-corrected chi connectivity index (χ4v) is 6.62. The fraction of sp³-hybridized carbons (Fsp3) is 0.276. The molecule has 198 valence electrons. The van der Waals surface area contributed by atoms with Crippen LogP contribution >= 0.6 is 11.8 Å². The average molecular weight is 540 g/mol. The second-order valence-electron chi connectivity index (χ2n) is 9.80. The molecule has 4 aromatic rings. The van der Waals surface area contributed by atoms with E-state index in [1.165, 1.54) is 0 Å². The van der Waals surface area contributed by atoms with Gasteiger partial charge >= 0.3 is 6.03 Å². The molecule has 3 amide bonds. The number of hydrogen-bond donors (Lipinski definition) is 3. The first kappa shape index (κ1) is 25.1. The molecular weight excluding hydrogens is 510 g/mol. The van der Waals surface area contributed by atoms with E-state index in [0.717, 1.165) is 58.9 Å². The highest BCUT2D eigenvalue weighted by molar-refractivity contribution is 8.00. The standard InChI is InChI=1S/C29H29N7O2S/c37-27(7-2-1-6-26-28-25(18-39-26)32-29(38)33-28)31-21-12-8-19(9-13-21)20-10-14-22(15-11-20)36-17-24(34-35-36)23-5-3-4-16-30-23/h3-5,8-17,25-26,28H,1-2,6-7,18H2,(H,31,37)(H2,32,33,38)/t25-,26-,28-/m0/s1. The Morgan fingerprint density at radius 3 is 2.54 bits per heavy atom. The van der Waals surface area contributed by atoms with Gasteiger partial charge in [0.1, 0.15) is 5.69 Å². The number of amides is 3. The molecule has 2 aromatic heterocycles. The molecular formula is C29H29N7O2S. The lowest BCUT2D eigenvalue weighted by atomic mass is 10.0. The van der Waals surface area contributed by atoms with Gasteiger partial charge in [-0.25, -0.2) is 9.48 Å². The predicted molar refractivity (Wildman–Crippen MR) is 153 cm³/mol. The molecule has 2 fully saturated rings. The molecule has 10 heteroatoms. The zero-order valence-corrected chi connectivity index (χ0v) is 22.1. The number of nitrogens with zero attached hydrogens (tertiary/aromatic N) is 4. The van der Waals surface area contributed by atoms with Gasteiger partial charge < -0.3 is 16.0 Å². The molecule has 2 aliphatic heterocycles. The Morgan fingerprint density at radius 1 is 0.974 bits per heavy atom. The number of nitrogens with one attached hydrogen (secondary N) is 3. The largest absolute Gasteiger partial charge is 0.332 e. The third-order valence-corrected chi connectivity index (χ3v) is 8.64. The van der Waals surface area contributed by atoms with Gasteiger partial charge in [0, 0.05) is 29.3 Å². The van der Waals surface area contributed by atoms with Crippen LogP contribution in [0.1, 0.15) is 25.7 Å². The highest BCUT2D eigenvalue weighted by Gasteiger charge is 2.42.